The van der Waals surface area contributed by atoms with E-state index in [0.29, 0.717) is 5.75 Å². The predicted octanol–water partition coefficient (Wildman–Crippen LogP) is 2.77. The number of rotatable bonds is 5. The van der Waals surface area contributed by atoms with Gasteiger partial charge in [0.05, 0.1) is 6.54 Å². The van der Waals surface area contributed by atoms with Crippen molar-refractivity contribution in [3.05, 3.63) is 65.7 Å². The molecule has 0 bridgehead atoms. The summed E-state index contributed by atoms with van der Waals surface area (Å²) in [5.41, 5.74) is -0.577. The van der Waals surface area contributed by atoms with Crippen molar-refractivity contribution in [2.75, 3.05) is 13.2 Å². The monoisotopic (exact) mass is 277 g/mol. The zero-order valence-corrected chi connectivity index (χ0v) is 10.6. The second-order valence-electron chi connectivity index (χ2n) is 4.01. The summed E-state index contributed by atoms with van der Waals surface area (Å²) in [6, 6.07) is 12.3. The van der Waals surface area contributed by atoms with Crippen LogP contribution in [0.3, 0.4) is 0 Å². The number of para-hydroxylation sites is 1. The van der Waals surface area contributed by atoms with E-state index < -0.39 is 23.1 Å². The van der Waals surface area contributed by atoms with Crippen molar-refractivity contribution in [3.63, 3.8) is 0 Å². The molecule has 104 valence electrons. The first-order chi connectivity index (χ1) is 9.68. The van der Waals surface area contributed by atoms with E-state index in [-0.39, 0.29) is 13.2 Å². The lowest BCUT2D eigenvalue weighted by molar-refractivity contribution is 0.0938. The number of hydrogen-bond acceptors (Lipinski definition) is 2. The number of carbonyl (C=O) groups excluding carboxylic acids is 1. The van der Waals surface area contributed by atoms with E-state index in [1.54, 1.807) is 12.1 Å². The van der Waals surface area contributed by atoms with Crippen molar-refractivity contribution in [1.82, 2.24) is 5.32 Å². The van der Waals surface area contributed by atoms with Crippen LogP contribution >= 0.6 is 0 Å². The van der Waals surface area contributed by atoms with Gasteiger partial charge in [-0.3, -0.25) is 4.79 Å². The van der Waals surface area contributed by atoms with Crippen molar-refractivity contribution in [2.24, 2.45) is 0 Å². The molecule has 0 unspecified atom stereocenters. The Morgan fingerprint density at radius 3 is 2.30 bits per heavy atom. The van der Waals surface area contributed by atoms with Crippen LogP contribution in [0.2, 0.25) is 0 Å². The van der Waals surface area contributed by atoms with Crippen molar-refractivity contribution in [2.45, 2.75) is 0 Å². The summed E-state index contributed by atoms with van der Waals surface area (Å²) >= 11 is 0. The maximum Gasteiger partial charge on any atom is 0.257 e. The van der Waals surface area contributed by atoms with Crippen LogP contribution in [0.15, 0.2) is 48.5 Å². The molecule has 0 aliphatic carbocycles. The molecule has 20 heavy (non-hydrogen) atoms. The Bertz CT molecular complexity index is 567. The lowest BCUT2D eigenvalue weighted by Crippen LogP contribution is -2.29. The van der Waals surface area contributed by atoms with E-state index in [1.807, 2.05) is 18.2 Å². The molecule has 0 atom stereocenters. The Morgan fingerprint density at radius 2 is 1.65 bits per heavy atom. The molecular weight excluding hydrogens is 264 g/mol. The minimum Gasteiger partial charge on any atom is -0.492 e. The van der Waals surface area contributed by atoms with Crippen LogP contribution in [0, 0.1) is 11.6 Å². The van der Waals surface area contributed by atoms with Crippen LogP contribution in [0.1, 0.15) is 10.4 Å². The number of halogens is 2. The molecule has 2 aromatic carbocycles. The average Bonchev–Trinajstić information content (AvgIpc) is 2.44. The van der Waals surface area contributed by atoms with Crippen LogP contribution in [0.4, 0.5) is 8.78 Å². The van der Waals surface area contributed by atoms with E-state index in [4.69, 9.17) is 4.74 Å². The molecule has 2 rings (SSSR count). The second-order valence-corrected chi connectivity index (χ2v) is 4.01. The van der Waals surface area contributed by atoms with Crippen molar-refractivity contribution >= 4 is 5.91 Å². The summed E-state index contributed by atoms with van der Waals surface area (Å²) in [6.45, 7) is 0.368. The third-order valence-corrected chi connectivity index (χ3v) is 2.59. The largest absolute Gasteiger partial charge is 0.492 e. The smallest absolute Gasteiger partial charge is 0.257 e. The number of benzene rings is 2. The van der Waals surface area contributed by atoms with E-state index >= 15 is 0 Å². The lowest BCUT2D eigenvalue weighted by atomic mass is 10.2. The van der Waals surface area contributed by atoms with E-state index in [9.17, 15) is 13.6 Å². The molecule has 2 aromatic rings. The molecule has 1 N–H and O–H groups in total. The third kappa shape index (κ3) is 3.54. The summed E-state index contributed by atoms with van der Waals surface area (Å²) in [7, 11) is 0. The topological polar surface area (TPSA) is 38.3 Å². The van der Waals surface area contributed by atoms with E-state index in [0.717, 1.165) is 12.1 Å². The van der Waals surface area contributed by atoms with Gasteiger partial charge in [0.25, 0.3) is 5.91 Å². The molecule has 5 heteroatoms. The molecule has 0 fully saturated rings. The van der Waals surface area contributed by atoms with Gasteiger partial charge in [-0.15, -0.1) is 0 Å². The highest BCUT2D eigenvalue weighted by molar-refractivity contribution is 5.94. The molecule has 0 saturated carbocycles. The maximum atomic E-state index is 13.3. The highest BCUT2D eigenvalue weighted by Gasteiger charge is 2.16. The molecule has 0 aliphatic rings. The van der Waals surface area contributed by atoms with Gasteiger partial charge in [-0.1, -0.05) is 24.3 Å². The molecule has 0 heterocycles. The Labute approximate surface area is 115 Å². The highest BCUT2D eigenvalue weighted by Crippen LogP contribution is 2.11. The van der Waals surface area contributed by atoms with Crippen LogP contribution in [-0.2, 0) is 0 Å². The summed E-state index contributed by atoms with van der Waals surface area (Å²) in [6.07, 6.45) is 0. The first kappa shape index (κ1) is 14.0. The van der Waals surface area contributed by atoms with E-state index in [1.165, 1.54) is 6.07 Å². The average molecular weight is 277 g/mol. The Morgan fingerprint density at radius 1 is 1.00 bits per heavy atom. The van der Waals surface area contributed by atoms with Crippen molar-refractivity contribution in [3.8, 4) is 5.75 Å². The minimum absolute atomic E-state index is 0.154. The van der Waals surface area contributed by atoms with Gasteiger partial charge in [0, 0.05) is 0 Å². The first-order valence-corrected chi connectivity index (χ1v) is 6.08. The number of carbonyl (C=O) groups is 1. The Hall–Kier alpha value is -2.43. The Balaban J connectivity index is 1.84. The van der Waals surface area contributed by atoms with Crippen molar-refractivity contribution in [1.29, 1.82) is 0 Å². The van der Waals surface area contributed by atoms with Gasteiger partial charge < -0.3 is 10.1 Å². The summed E-state index contributed by atoms with van der Waals surface area (Å²) in [5, 5.41) is 2.41. The zero-order valence-electron chi connectivity index (χ0n) is 10.6. The van der Waals surface area contributed by atoms with E-state index in [2.05, 4.69) is 5.32 Å². The molecule has 0 aromatic heterocycles. The zero-order chi connectivity index (χ0) is 14.4. The van der Waals surface area contributed by atoms with Crippen molar-refractivity contribution < 1.29 is 18.3 Å². The summed E-state index contributed by atoms with van der Waals surface area (Å²) in [5.74, 6) is -1.89. The molecule has 1 amide bonds. The quantitative estimate of drug-likeness (QED) is 0.853. The number of nitrogens with one attached hydrogen (secondary N) is 1. The third-order valence-electron chi connectivity index (χ3n) is 2.59. The highest BCUT2D eigenvalue weighted by atomic mass is 19.1. The molecular formula is C15H13F2NO2. The minimum atomic E-state index is -0.883. The van der Waals surface area contributed by atoms with Gasteiger partial charge in [-0.2, -0.15) is 0 Å². The van der Waals surface area contributed by atoms with Gasteiger partial charge in [-0.25, -0.2) is 8.78 Å². The Kier molecular flexibility index (Phi) is 4.65. The molecule has 0 aliphatic heterocycles. The van der Waals surface area contributed by atoms with Gasteiger partial charge in [-0.05, 0) is 24.3 Å². The van der Waals surface area contributed by atoms with Gasteiger partial charge in [0.2, 0.25) is 0 Å². The molecule has 3 nitrogen and oxygen atoms in total. The first-order valence-electron chi connectivity index (χ1n) is 6.08. The SMILES string of the molecule is O=C(NCCOc1ccccc1)c1c(F)cccc1F. The molecule has 0 radical (unpaired) electrons. The van der Waals surface area contributed by atoms with Gasteiger partial charge in [0.15, 0.2) is 0 Å². The number of amides is 1. The fourth-order valence-electron chi connectivity index (χ4n) is 1.65. The second kappa shape index (κ2) is 6.65. The summed E-state index contributed by atoms with van der Waals surface area (Å²) < 4.78 is 32.0. The summed E-state index contributed by atoms with van der Waals surface area (Å²) in [4.78, 5) is 11.7. The fourth-order valence-corrected chi connectivity index (χ4v) is 1.65. The molecule has 0 spiro atoms. The van der Waals surface area contributed by atoms with Crippen LogP contribution < -0.4 is 10.1 Å². The number of ether oxygens (including phenoxy) is 1. The maximum absolute atomic E-state index is 13.3. The van der Waals surface area contributed by atoms with Crippen LogP contribution in [0.25, 0.3) is 0 Å². The standard InChI is InChI=1S/C15H13F2NO2/c16-12-7-4-8-13(17)14(12)15(19)18-9-10-20-11-5-2-1-3-6-11/h1-8H,9-10H2,(H,18,19). The fraction of sp³-hybridized carbons (Fsp3) is 0.133. The lowest BCUT2D eigenvalue weighted by Gasteiger charge is -2.08. The van der Waals surface area contributed by atoms with Gasteiger partial charge >= 0.3 is 0 Å². The molecule has 0 saturated heterocycles. The predicted molar refractivity (Wildman–Crippen MR) is 70.6 cm³/mol. The normalized spacial score (nSPS) is 10.1. The number of hydrogen-bond donors (Lipinski definition) is 1. The van der Waals surface area contributed by atoms with Crippen LogP contribution in [0.5, 0.6) is 5.75 Å². The van der Waals surface area contributed by atoms with Gasteiger partial charge in [0.1, 0.15) is 29.6 Å². The van der Waals surface area contributed by atoms with Crippen LogP contribution in [-0.4, -0.2) is 19.1 Å².